The molecule has 24 heavy (non-hydrogen) atoms. The molecule has 2 aromatic carbocycles. The van der Waals surface area contributed by atoms with Crippen molar-refractivity contribution in [2.24, 2.45) is 0 Å². The van der Waals surface area contributed by atoms with Crippen LogP contribution in [0.3, 0.4) is 0 Å². The van der Waals surface area contributed by atoms with Gasteiger partial charge in [-0.1, -0.05) is 61.5 Å². The van der Waals surface area contributed by atoms with Crippen molar-refractivity contribution in [2.75, 3.05) is 11.9 Å². The third kappa shape index (κ3) is 3.23. The smallest absolute Gasteiger partial charge is 0.296 e. The lowest BCUT2D eigenvalue weighted by atomic mass is 10.0. The van der Waals surface area contributed by atoms with Crippen LogP contribution in [0.1, 0.15) is 35.9 Å². The zero-order valence-corrected chi connectivity index (χ0v) is 14.1. The maximum absolute atomic E-state index is 12.7. The predicted octanol–water partition coefficient (Wildman–Crippen LogP) is 4.74. The average Bonchev–Trinajstić information content (AvgIpc) is 3.11. The molecule has 0 unspecified atom stereocenters. The van der Waals surface area contributed by atoms with Gasteiger partial charge in [-0.2, -0.15) is 0 Å². The van der Waals surface area contributed by atoms with Crippen LogP contribution in [0.25, 0.3) is 11.3 Å². The highest BCUT2D eigenvalue weighted by molar-refractivity contribution is 6.04. The maximum atomic E-state index is 12.7. The zero-order chi connectivity index (χ0) is 17.1. The third-order valence-electron chi connectivity index (χ3n) is 4.02. The Morgan fingerprint density at radius 3 is 2.50 bits per heavy atom. The van der Waals surface area contributed by atoms with Crippen molar-refractivity contribution in [1.29, 1.82) is 0 Å². The number of anilines is 1. The van der Waals surface area contributed by atoms with Crippen molar-refractivity contribution in [2.45, 2.75) is 19.8 Å². The second-order valence-corrected chi connectivity index (χ2v) is 6.06. The van der Waals surface area contributed by atoms with E-state index in [4.69, 9.17) is 4.52 Å². The highest BCUT2D eigenvalue weighted by Crippen LogP contribution is 2.24. The number of benzene rings is 2. The van der Waals surface area contributed by atoms with Crippen molar-refractivity contribution in [1.82, 2.24) is 5.16 Å². The van der Waals surface area contributed by atoms with Gasteiger partial charge in [0, 0.05) is 24.4 Å². The monoisotopic (exact) mass is 320 g/mol. The summed E-state index contributed by atoms with van der Waals surface area (Å²) in [5, 5.41) is 4.01. The second kappa shape index (κ2) is 6.71. The molecule has 1 aromatic heterocycles. The second-order valence-electron chi connectivity index (χ2n) is 6.06. The molecule has 1 amide bonds. The summed E-state index contributed by atoms with van der Waals surface area (Å²) in [5.74, 6) is 0.417. The molecule has 122 valence electrons. The van der Waals surface area contributed by atoms with Crippen molar-refractivity contribution in [3.8, 4) is 11.3 Å². The SMILES string of the molecule is CC(C)c1cccc(N(C)C(=O)c2cc(-c3ccccc3)no2)c1. The van der Waals surface area contributed by atoms with Crippen LogP contribution in [0.2, 0.25) is 0 Å². The van der Waals surface area contributed by atoms with Crippen LogP contribution < -0.4 is 4.90 Å². The molecule has 0 saturated carbocycles. The van der Waals surface area contributed by atoms with Crippen molar-refractivity contribution in [3.63, 3.8) is 0 Å². The number of hydrogen-bond donors (Lipinski definition) is 0. The Bertz CT molecular complexity index is 838. The fourth-order valence-corrected chi connectivity index (χ4v) is 2.50. The summed E-state index contributed by atoms with van der Waals surface area (Å²) < 4.78 is 5.26. The Labute approximate surface area is 141 Å². The number of carbonyl (C=O) groups excluding carboxylic acids is 1. The van der Waals surface area contributed by atoms with Crippen LogP contribution >= 0.6 is 0 Å². The van der Waals surface area contributed by atoms with Gasteiger partial charge in [-0.05, 0) is 23.6 Å². The van der Waals surface area contributed by atoms with Crippen molar-refractivity contribution < 1.29 is 9.32 Å². The van der Waals surface area contributed by atoms with E-state index in [0.29, 0.717) is 11.6 Å². The first-order chi connectivity index (χ1) is 11.6. The summed E-state index contributed by atoms with van der Waals surface area (Å²) in [6.07, 6.45) is 0. The molecule has 0 spiro atoms. The molecular weight excluding hydrogens is 300 g/mol. The molecule has 0 saturated heterocycles. The molecule has 0 fully saturated rings. The lowest BCUT2D eigenvalue weighted by molar-refractivity contribution is 0.0957. The number of hydrogen-bond acceptors (Lipinski definition) is 3. The standard InChI is InChI=1S/C20H20N2O2/c1-14(2)16-10-7-11-17(12-16)22(3)20(23)19-13-18(21-24-19)15-8-5-4-6-9-15/h4-14H,1-3H3. The number of carbonyl (C=O) groups is 1. The molecule has 4 nitrogen and oxygen atoms in total. The average molecular weight is 320 g/mol. The van der Waals surface area contributed by atoms with Gasteiger partial charge in [-0.15, -0.1) is 0 Å². The fourth-order valence-electron chi connectivity index (χ4n) is 2.50. The van der Waals surface area contributed by atoms with E-state index >= 15 is 0 Å². The fraction of sp³-hybridized carbons (Fsp3) is 0.200. The Morgan fingerprint density at radius 2 is 1.79 bits per heavy atom. The summed E-state index contributed by atoms with van der Waals surface area (Å²) in [5.41, 5.74) is 3.60. The molecule has 1 heterocycles. The Kier molecular flexibility index (Phi) is 4.47. The van der Waals surface area contributed by atoms with Crippen LogP contribution in [0.5, 0.6) is 0 Å². The van der Waals surface area contributed by atoms with E-state index in [0.717, 1.165) is 11.3 Å². The van der Waals surface area contributed by atoms with E-state index in [-0.39, 0.29) is 11.7 Å². The molecular formula is C20H20N2O2. The van der Waals surface area contributed by atoms with Gasteiger partial charge in [0.15, 0.2) is 0 Å². The Balaban J connectivity index is 1.84. The first kappa shape index (κ1) is 16.0. The van der Waals surface area contributed by atoms with Crippen LogP contribution in [-0.4, -0.2) is 18.1 Å². The van der Waals surface area contributed by atoms with Crippen molar-refractivity contribution >= 4 is 11.6 Å². The number of nitrogens with zero attached hydrogens (tertiary/aromatic N) is 2. The summed E-state index contributed by atoms with van der Waals surface area (Å²) in [7, 11) is 1.74. The van der Waals surface area contributed by atoms with Crippen LogP contribution in [0.15, 0.2) is 65.2 Å². The normalized spacial score (nSPS) is 10.8. The van der Waals surface area contributed by atoms with Crippen LogP contribution in [-0.2, 0) is 0 Å². The Morgan fingerprint density at radius 1 is 1.04 bits per heavy atom. The molecule has 0 bridgehead atoms. The summed E-state index contributed by atoms with van der Waals surface area (Å²) in [6.45, 7) is 4.26. The minimum absolute atomic E-state index is 0.217. The molecule has 0 aliphatic heterocycles. The van der Waals surface area contributed by atoms with Gasteiger partial charge in [-0.3, -0.25) is 4.79 Å². The minimum Gasteiger partial charge on any atom is -0.350 e. The van der Waals surface area contributed by atoms with Gasteiger partial charge in [0.1, 0.15) is 5.69 Å². The van der Waals surface area contributed by atoms with Crippen molar-refractivity contribution in [3.05, 3.63) is 72.0 Å². The molecule has 3 rings (SSSR count). The van der Waals surface area contributed by atoms with E-state index < -0.39 is 0 Å². The van der Waals surface area contributed by atoms with Gasteiger partial charge in [0.05, 0.1) is 0 Å². The molecule has 3 aromatic rings. The third-order valence-corrected chi connectivity index (χ3v) is 4.02. The zero-order valence-electron chi connectivity index (χ0n) is 14.1. The van der Waals surface area contributed by atoms with E-state index in [1.807, 2.05) is 48.5 Å². The van der Waals surface area contributed by atoms with Gasteiger partial charge in [-0.25, -0.2) is 0 Å². The van der Waals surface area contributed by atoms with E-state index in [1.54, 1.807) is 18.0 Å². The molecule has 0 radical (unpaired) electrons. The van der Waals surface area contributed by atoms with Crippen LogP contribution in [0.4, 0.5) is 5.69 Å². The first-order valence-corrected chi connectivity index (χ1v) is 7.96. The minimum atomic E-state index is -0.217. The molecule has 0 aliphatic carbocycles. The topological polar surface area (TPSA) is 46.3 Å². The predicted molar refractivity (Wildman–Crippen MR) is 95.2 cm³/mol. The van der Waals surface area contributed by atoms with Gasteiger partial charge in [0.2, 0.25) is 5.76 Å². The quantitative estimate of drug-likeness (QED) is 0.697. The number of aromatic nitrogens is 1. The van der Waals surface area contributed by atoms with Crippen LogP contribution in [0, 0.1) is 0 Å². The lowest BCUT2D eigenvalue weighted by Crippen LogP contribution is -2.25. The molecule has 4 heteroatoms. The first-order valence-electron chi connectivity index (χ1n) is 7.96. The van der Waals surface area contributed by atoms with Gasteiger partial charge >= 0.3 is 0 Å². The maximum Gasteiger partial charge on any atom is 0.296 e. The highest BCUT2D eigenvalue weighted by atomic mass is 16.5. The number of amides is 1. The van der Waals surface area contributed by atoms with E-state index in [9.17, 15) is 4.79 Å². The largest absolute Gasteiger partial charge is 0.350 e. The lowest BCUT2D eigenvalue weighted by Gasteiger charge is -2.17. The number of rotatable bonds is 4. The summed E-state index contributed by atoms with van der Waals surface area (Å²) in [6, 6.07) is 19.3. The molecule has 0 N–H and O–H groups in total. The van der Waals surface area contributed by atoms with E-state index in [1.165, 1.54) is 5.56 Å². The van der Waals surface area contributed by atoms with Gasteiger partial charge in [0.25, 0.3) is 5.91 Å². The Hall–Kier alpha value is -2.88. The van der Waals surface area contributed by atoms with E-state index in [2.05, 4.69) is 25.1 Å². The summed E-state index contributed by atoms with van der Waals surface area (Å²) in [4.78, 5) is 14.2. The summed E-state index contributed by atoms with van der Waals surface area (Å²) >= 11 is 0. The molecule has 0 aliphatic rings. The highest BCUT2D eigenvalue weighted by Gasteiger charge is 2.19. The van der Waals surface area contributed by atoms with Gasteiger partial charge < -0.3 is 9.42 Å². The molecule has 0 atom stereocenters.